The molecule has 0 atom stereocenters. The predicted molar refractivity (Wildman–Crippen MR) is 101 cm³/mol. The molecule has 5 heteroatoms. The molecule has 26 heavy (non-hydrogen) atoms. The summed E-state index contributed by atoms with van der Waals surface area (Å²) in [4.78, 5) is 16.7. The molecule has 1 aliphatic rings. The monoisotopic (exact) mass is 356 g/mol. The van der Waals surface area contributed by atoms with E-state index in [0.717, 1.165) is 35.7 Å². The molecule has 0 saturated heterocycles. The Kier molecular flexibility index (Phi) is 5.99. The largest absolute Gasteiger partial charge is 0.492 e. The van der Waals surface area contributed by atoms with Crippen LogP contribution < -0.4 is 4.74 Å². The molecule has 1 aromatic carbocycles. The highest BCUT2D eigenvalue weighted by Crippen LogP contribution is 2.29. The van der Waals surface area contributed by atoms with Gasteiger partial charge in [-0.05, 0) is 57.5 Å². The van der Waals surface area contributed by atoms with Crippen LogP contribution in [-0.2, 0) is 11.3 Å². The summed E-state index contributed by atoms with van der Waals surface area (Å²) in [6.45, 7) is 6.19. The maximum atomic E-state index is 12.7. The van der Waals surface area contributed by atoms with E-state index >= 15 is 0 Å². The molecule has 0 spiro atoms. The summed E-state index contributed by atoms with van der Waals surface area (Å²) >= 11 is 0. The molecule has 3 rings (SSSR count). The van der Waals surface area contributed by atoms with Crippen LogP contribution in [-0.4, -0.2) is 48.5 Å². The second-order valence-electron chi connectivity index (χ2n) is 7.12. The first-order valence-corrected chi connectivity index (χ1v) is 9.24. The molecule has 1 fully saturated rings. The number of carbonyl (C=O) groups is 1. The predicted octanol–water partition coefficient (Wildman–Crippen LogP) is 3.40. The highest BCUT2D eigenvalue weighted by molar-refractivity contribution is 5.78. The standard InChI is InChI=1S/C21H28N2O3/c1-16-6-4-5-7-20(16)25-13-12-22(3)15-21(24)23(18-9-10-18)14-19-11-8-17(2)26-19/h4-8,11,18H,9-10,12-15H2,1-3H3. The Morgan fingerprint density at radius 1 is 1.19 bits per heavy atom. The first-order chi connectivity index (χ1) is 12.5. The third-order valence-electron chi connectivity index (χ3n) is 4.66. The minimum atomic E-state index is 0.153. The van der Waals surface area contributed by atoms with Crippen molar-refractivity contribution in [3.63, 3.8) is 0 Å². The number of hydrogen-bond donors (Lipinski definition) is 0. The number of hydrogen-bond acceptors (Lipinski definition) is 4. The van der Waals surface area contributed by atoms with Gasteiger partial charge in [0.25, 0.3) is 0 Å². The lowest BCUT2D eigenvalue weighted by Crippen LogP contribution is -2.40. The molecule has 0 N–H and O–H groups in total. The van der Waals surface area contributed by atoms with E-state index in [0.29, 0.717) is 32.3 Å². The fourth-order valence-corrected chi connectivity index (χ4v) is 2.98. The molecule has 1 heterocycles. The minimum absolute atomic E-state index is 0.153. The average molecular weight is 356 g/mol. The van der Waals surface area contributed by atoms with E-state index in [-0.39, 0.29) is 5.91 Å². The minimum Gasteiger partial charge on any atom is -0.492 e. The van der Waals surface area contributed by atoms with Crippen molar-refractivity contribution in [2.75, 3.05) is 26.7 Å². The molecule has 2 aromatic rings. The molecule has 0 bridgehead atoms. The van der Waals surface area contributed by atoms with E-state index in [9.17, 15) is 4.79 Å². The number of likely N-dealkylation sites (N-methyl/N-ethyl adjacent to an activating group) is 1. The summed E-state index contributed by atoms with van der Waals surface area (Å²) in [5.74, 6) is 2.79. The summed E-state index contributed by atoms with van der Waals surface area (Å²) in [5.41, 5.74) is 1.12. The number of para-hydroxylation sites is 1. The zero-order chi connectivity index (χ0) is 18.5. The molecule has 1 aliphatic carbocycles. The highest BCUT2D eigenvalue weighted by Gasteiger charge is 2.33. The second kappa shape index (κ2) is 8.41. The average Bonchev–Trinajstić information content (AvgIpc) is 3.36. The van der Waals surface area contributed by atoms with Crippen LogP contribution in [0, 0.1) is 13.8 Å². The Hall–Kier alpha value is -2.27. The van der Waals surface area contributed by atoms with Crippen LogP contribution >= 0.6 is 0 Å². The number of aryl methyl sites for hydroxylation is 2. The number of furan rings is 1. The Labute approximate surface area is 155 Å². The summed E-state index contributed by atoms with van der Waals surface area (Å²) in [7, 11) is 1.96. The van der Waals surface area contributed by atoms with Crippen molar-refractivity contribution in [1.82, 2.24) is 9.80 Å². The van der Waals surface area contributed by atoms with Crippen LogP contribution in [0.25, 0.3) is 0 Å². The third-order valence-corrected chi connectivity index (χ3v) is 4.66. The summed E-state index contributed by atoms with van der Waals surface area (Å²) in [6.07, 6.45) is 2.18. The Balaban J connectivity index is 1.46. The van der Waals surface area contributed by atoms with Crippen LogP contribution in [0.15, 0.2) is 40.8 Å². The van der Waals surface area contributed by atoms with Gasteiger partial charge in [-0.15, -0.1) is 0 Å². The number of ether oxygens (including phenoxy) is 1. The first-order valence-electron chi connectivity index (χ1n) is 9.24. The molecule has 1 amide bonds. The summed E-state index contributed by atoms with van der Waals surface area (Å²) in [5, 5.41) is 0. The van der Waals surface area contributed by atoms with Crippen molar-refractivity contribution < 1.29 is 13.9 Å². The highest BCUT2D eigenvalue weighted by atomic mass is 16.5. The van der Waals surface area contributed by atoms with Gasteiger partial charge >= 0.3 is 0 Å². The molecule has 1 aromatic heterocycles. The summed E-state index contributed by atoms with van der Waals surface area (Å²) in [6, 6.07) is 12.2. The van der Waals surface area contributed by atoms with Gasteiger partial charge < -0.3 is 14.1 Å². The molecule has 5 nitrogen and oxygen atoms in total. The van der Waals surface area contributed by atoms with E-state index in [1.807, 2.05) is 67.1 Å². The molecular formula is C21H28N2O3. The number of rotatable bonds is 9. The lowest BCUT2D eigenvalue weighted by Gasteiger charge is -2.25. The normalized spacial score (nSPS) is 13.8. The fraction of sp³-hybridized carbons (Fsp3) is 0.476. The van der Waals surface area contributed by atoms with E-state index in [1.165, 1.54) is 0 Å². The zero-order valence-corrected chi connectivity index (χ0v) is 15.9. The van der Waals surface area contributed by atoms with E-state index in [2.05, 4.69) is 0 Å². The Morgan fingerprint density at radius 3 is 2.62 bits per heavy atom. The van der Waals surface area contributed by atoms with Crippen molar-refractivity contribution in [2.45, 2.75) is 39.3 Å². The molecule has 0 unspecified atom stereocenters. The summed E-state index contributed by atoms with van der Waals surface area (Å²) < 4.78 is 11.5. The Morgan fingerprint density at radius 2 is 1.96 bits per heavy atom. The van der Waals surface area contributed by atoms with Crippen LogP contribution in [0.2, 0.25) is 0 Å². The van der Waals surface area contributed by atoms with Crippen molar-refractivity contribution >= 4 is 5.91 Å². The van der Waals surface area contributed by atoms with Gasteiger partial charge in [-0.25, -0.2) is 0 Å². The number of nitrogens with zero attached hydrogens (tertiary/aromatic N) is 2. The number of benzene rings is 1. The van der Waals surface area contributed by atoms with Gasteiger partial charge in [0.2, 0.25) is 5.91 Å². The van der Waals surface area contributed by atoms with Crippen LogP contribution in [0.1, 0.15) is 29.9 Å². The van der Waals surface area contributed by atoms with Gasteiger partial charge in [-0.3, -0.25) is 9.69 Å². The van der Waals surface area contributed by atoms with Crippen molar-refractivity contribution in [3.8, 4) is 5.75 Å². The molecule has 0 radical (unpaired) electrons. The van der Waals surface area contributed by atoms with E-state index < -0.39 is 0 Å². The van der Waals surface area contributed by atoms with Gasteiger partial charge in [0.1, 0.15) is 23.9 Å². The van der Waals surface area contributed by atoms with Crippen molar-refractivity contribution in [1.29, 1.82) is 0 Å². The van der Waals surface area contributed by atoms with Gasteiger partial charge in [-0.1, -0.05) is 18.2 Å². The van der Waals surface area contributed by atoms with Gasteiger partial charge in [-0.2, -0.15) is 0 Å². The van der Waals surface area contributed by atoms with Crippen LogP contribution in [0.4, 0.5) is 0 Å². The van der Waals surface area contributed by atoms with Gasteiger partial charge in [0, 0.05) is 12.6 Å². The SMILES string of the molecule is Cc1ccc(CN(C(=O)CN(C)CCOc2ccccc2C)C2CC2)o1. The van der Waals surface area contributed by atoms with Gasteiger partial charge in [0.15, 0.2) is 0 Å². The topological polar surface area (TPSA) is 45.9 Å². The van der Waals surface area contributed by atoms with E-state index in [4.69, 9.17) is 9.15 Å². The number of carbonyl (C=O) groups excluding carboxylic acids is 1. The molecular weight excluding hydrogens is 328 g/mol. The first kappa shape index (κ1) is 18.5. The van der Waals surface area contributed by atoms with E-state index in [1.54, 1.807) is 0 Å². The maximum absolute atomic E-state index is 12.7. The lowest BCUT2D eigenvalue weighted by molar-refractivity contribution is -0.133. The quantitative estimate of drug-likeness (QED) is 0.691. The molecule has 1 saturated carbocycles. The lowest BCUT2D eigenvalue weighted by atomic mass is 10.2. The third kappa shape index (κ3) is 5.11. The smallest absolute Gasteiger partial charge is 0.237 e. The molecule has 0 aliphatic heterocycles. The van der Waals surface area contributed by atoms with Crippen molar-refractivity contribution in [3.05, 3.63) is 53.5 Å². The van der Waals surface area contributed by atoms with Gasteiger partial charge in [0.05, 0.1) is 13.1 Å². The Bertz CT molecular complexity index is 736. The van der Waals surface area contributed by atoms with Crippen LogP contribution in [0.5, 0.6) is 5.75 Å². The second-order valence-corrected chi connectivity index (χ2v) is 7.12. The fourth-order valence-electron chi connectivity index (χ4n) is 2.98. The van der Waals surface area contributed by atoms with Crippen molar-refractivity contribution in [2.24, 2.45) is 0 Å². The number of amides is 1. The van der Waals surface area contributed by atoms with Crippen LogP contribution in [0.3, 0.4) is 0 Å². The zero-order valence-electron chi connectivity index (χ0n) is 15.9. The molecule has 140 valence electrons. The maximum Gasteiger partial charge on any atom is 0.237 e.